The first-order chi connectivity index (χ1) is 27.7. The lowest BCUT2D eigenvalue weighted by atomic mass is 9.91. The van der Waals surface area contributed by atoms with Crippen LogP contribution in [-0.4, -0.2) is 121 Å². The Bertz CT molecular complexity index is 2390. The Labute approximate surface area is 336 Å². The number of nitrogens with zero attached hydrogens (tertiary/aromatic N) is 6. The molecule has 6 aliphatic heterocycles. The number of piperidine rings is 1. The fourth-order valence-corrected chi connectivity index (χ4v) is 10.9. The number of nitrogens with one attached hydrogen (secondary N) is 1. The number of morpholine rings is 1. The summed E-state index contributed by atoms with van der Waals surface area (Å²) in [5.74, 6) is -0.372. The van der Waals surface area contributed by atoms with E-state index in [1.165, 1.54) is 16.6 Å². The Hall–Kier alpha value is -4.45. The van der Waals surface area contributed by atoms with Crippen LogP contribution in [0.3, 0.4) is 0 Å². The molecule has 0 radical (unpaired) electrons. The van der Waals surface area contributed by atoms with Gasteiger partial charge in [0, 0.05) is 50.9 Å². The molecule has 4 aromatic rings. The molecule has 0 unspecified atom stereocenters. The number of pyridine rings is 1. The Kier molecular flexibility index (Phi) is 9.88. The van der Waals surface area contributed by atoms with Crippen molar-refractivity contribution in [3.63, 3.8) is 0 Å². The molecule has 0 aliphatic carbocycles. The van der Waals surface area contributed by atoms with E-state index < -0.39 is 45.1 Å². The average Bonchev–Trinajstić information content (AvgIpc) is 3.70. The van der Waals surface area contributed by atoms with E-state index in [4.69, 9.17) is 28.4 Å². The zero-order valence-corrected chi connectivity index (χ0v) is 33.9. The number of amides is 1. The second kappa shape index (κ2) is 14.7. The molecule has 4 fully saturated rings. The summed E-state index contributed by atoms with van der Waals surface area (Å²) in [6, 6.07) is 8.62. The maximum absolute atomic E-state index is 17.6. The molecule has 6 bridgehead atoms. The number of aryl methyl sites for hydroxylation is 1. The van der Waals surface area contributed by atoms with Gasteiger partial charge in [-0.15, -0.1) is 0 Å². The van der Waals surface area contributed by atoms with E-state index in [2.05, 4.69) is 15.2 Å². The molecule has 8 heterocycles. The van der Waals surface area contributed by atoms with E-state index in [1.807, 2.05) is 43.9 Å². The number of alkyl halides is 1. The molecular formula is C41H49F2N7O7S. The Morgan fingerprint density at radius 2 is 1.88 bits per heavy atom. The van der Waals surface area contributed by atoms with Crippen molar-refractivity contribution in [1.82, 2.24) is 29.5 Å². The van der Waals surface area contributed by atoms with Gasteiger partial charge in [0.2, 0.25) is 0 Å². The van der Waals surface area contributed by atoms with Crippen LogP contribution in [0.4, 0.5) is 19.4 Å². The average molecular weight is 822 g/mol. The third-order valence-corrected chi connectivity index (χ3v) is 13.6. The zero-order valence-electron chi connectivity index (χ0n) is 33.1. The minimum atomic E-state index is -4.29. The number of aromatic nitrogens is 3. The maximum Gasteiger partial charge on any atom is 0.407 e. The van der Waals surface area contributed by atoms with E-state index in [-0.39, 0.29) is 55.9 Å². The normalized spacial score (nSPS) is 26.7. The lowest BCUT2D eigenvalue weighted by Crippen LogP contribution is -2.57. The lowest BCUT2D eigenvalue weighted by Gasteiger charge is -2.41. The Morgan fingerprint density at radius 1 is 1.03 bits per heavy atom. The van der Waals surface area contributed by atoms with Crippen LogP contribution in [-0.2, 0) is 26.2 Å². The number of fused-ring (bicyclic) bond motifs is 7. The highest BCUT2D eigenvalue weighted by molar-refractivity contribution is 7.84. The van der Waals surface area contributed by atoms with Crippen LogP contribution in [0, 0.1) is 5.82 Å². The van der Waals surface area contributed by atoms with Crippen LogP contribution < -0.4 is 19.1 Å². The lowest BCUT2D eigenvalue weighted by molar-refractivity contribution is -0.0655. The Morgan fingerprint density at radius 3 is 2.72 bits per heavy atom. The summed E-state index contributed by atoms with van der Waals surface area (Å²) in [4.78, 5) is 31.5. The monoisotopic (exact) mass is 821 g/mol. The summed E-state index contributed by atoms with van der Waals surface area (Å²) in [7, 11) is -4.29. The van der Waals surface area contributed by atoms with E-state index in [1.54, 1.807) is 6.07 Å². The Balaban J connectivity index is 1.20. The van der Waals surface area contributed by atoms with Crippen molar-refractivity contribution in [2.75, 3.05) is 64.0 Å². The van der Waals surface area contributed by atoms with Crippen LogP contribution in [0.25, 0.3) is 32.9 Å². The van der Waals surface area contributed by atoms with Gasteiger partial charge < -0.3 is 28.6 Å². The van der Waals surface area contributed by atoms with Gasteiger partial charge in [-0.1, -0.05) is 18.2 Å². The highest BCUT2D eigenvalue weighted by Gasteiger charge is 2.49. The van der Waals surface area contributed by atoms with Crippen LogP contribution in [0.5, 0.6) is 11.8 Å². The number of rotatable bonds is 6. The number of benzene rings is 2. The van der Waals surface area contributed by atoms with Crippen LogP contribution in [0.2, 0.25) is 0 Å². The molecular weight excluding hydrogens is 773 g/mol. The van der Waals surface area contributed by atoms with Gasteiger partial charge in [0.1, 0.15) is 35.6 Å². The summed E-state index contributed by atoms with van der Waals surface area (Å²) >= 11 is 0. The number of halogens is 2. The van der Waals surface area contributed by atoms with Crippen molar-refractivity contribution in [2.24, 2.45) is 0 Å². The van der Waals surface area contributed by atoms with Gasteiger partial charge in [-0.2, -0.15) is 22.7 Å². The number of carbonyl (C=O) groups is 1. The number of hydrogen-bond donors (Lipinski definition) is 1. The fourth-order valence-electron chi connectivity index (χ4n) is 9.65. The van der Waals surface area contributed by atoms with Gasteiger partial charge in [0.25, 0.3) is 0 Å². The minimum absolute atomic E-state index is 0.0146. The SMILES string of the molecule is CC1(C)CN(S(=O)(=O)Oc2cc3c4c(cccc4c2)CCCOC(=O)N[C@]2(C)CCCN(C2)c2nc(OC[C@@]45CCCN4C[C@H](F)C5)nc4c(F)c-3ncc24)CCO1. The van der Waals surface area contributed by atoms with Gasteiger partial charge in [-0.3, -0.25) is 9.88 Å². The smallest absolute Gasteiger partial charge is 0.407 e. The van der Waals surface area contributed by atoms with Crippen molar-refractivity contribution < 1.29 is 40.4 Å². The molecule has 0 spiro atoms. The summed E-state index contributed by atoms with van der Waals surface area (Å²) < 4.78 is 84.5. The molecule has 3 atom stereocenters. The number of hydrogen-bond acceptors (Lipinski definition) is 12. The second-order valence-electron chi connectivity index (χ2n) is 17.3. The van der Waals surface area contributed by atoms with E-state index in [0.717, 1.165) is 24.9 Å². The van der Waals surface area contributed by atoms with Crippen molar-refractivity contribution in [1.29, 1.82) is 0 Å². The minimum Gasteiger partial charge on any atom is -0.461 e. The summed E-state index contributed by atoms with van der Waals surface area (Å²) in [6.07, 6.45) is 4.41. The van der Waals surface area contributed by atoms with Crippen LogP contribution >= 0.6 is 0 Å². The summed E-state index contributed by atoms with van der Waals surface area (Å²) in [5, 5.41) is 4.64. The highest BCUT2D eigenvalue weighted by atomic mass is 32.2. The van der Waals surface area contributed by atoms with E-state index in [9.17, 15) is 17.6 Å². The third kappa shape index (κ3) is 7.39. The first-order valence-corrected chi connectivity index (χ1v) is 21.5. The molecule has 1 N–H and O–H groups in total. The largest absolute Gasteiger partial charge is 0.461 e. The summed E-state index contributed by atoms with van der Waals surface area (Å²) in [5.41, 5.74) is -0.871. The van der Waals surface area contributed by atoms with Crippen molar-refractivity contribution in [2.45, 2.75) is 88.6 Å². The molecule has 14 nitrogen and oxygen atoms in total. The first kappa shape index (κ1) is 39.0. The van der Waals surface area contributed by atoms with Gasteiger partial charge in [-0.25, -0.2) is 13.6 Å². The third-order valence-electron chi connectivity index (χ3n) is 12.3. The molecule has 58 heavy (non-hydrogen) atoms. The molecule has 310 valence electrons. The van der Waals surface area contributed by atoms with Crippen LogP contribution in [0.15, 0.2) is 36.5 Å². The van der Waals surface area contributed by atoms with Gasteiger partial charge >= 0.3 is 22.4 Å². The standard InChI is InChI=1S/C41H49F2N7O7S/c1-39(2)23-50(15-17-56-39)58(52,53)57-29-18-27-9-4-8-26-10-5-16-54-38(51)47-40(3)11-6-13-48(24-40)36-31-21-44-34(30(19-29)32(26)27)33(43)35(31)45-37(46-36)55-25-41-12-7-14-49(41)22-28(42)20-41/h4,8-9,18-19,21,28H,5-7,10-17,20,22-25H2,1-3H3,(H,47,51)/t28-,40-,41+/m1/s1. The molecule has 17 heteroatoms. The number of ether oxygens (including phenoxy) is 3. The fraction of sp³-hybridized carbons (Fsp3) is 0.561. The van der Waals surface area contributed by atoms with Gasteiger partial charge in [0.05, 0.1) is 35.3 Å². The second-order valence-corrected chi connectivity index (χ2v) is 18.8. The molecule has 2 aromatic carbocycles. The molecule has 10 rings (SSSR count). The van der Waals surface area contributed by atoms with Gasteiger partial charge in [0.15, 0.2) is 5.82 Å². The molecule has 6 aliphatic rings. The van der Waals surface area contributed by atoms with Crippen molar-refractivity contribution in [3.8, 4) is 23.0 Å². The predicted molar refractivity (Wildman–Crippen MR) is 213 cm³/mol. The molecule has 0 saturated carbocycles. The van der Waals surface area contributed by atoms with Crippen LogP contribution in [0.1, 0.15) is 64.9 Å². The van der Waals surface area contributed by atoms with Crippen molar-refractivity contribution >= 4 is 43.9 Å². The van der Waals surface area contributed by atoms with E-state index >= 15 is 4.39 Å². The zero-order chi connectivity index (χ0) is 40.5. The van der Waals surface area contributed by atoms with Gasteiger partial charge in [-0.05, 0) is 94.3 Å². The quantitative estimate of drug-likeness (QED) is 0.254. The van der Waals surface area contributed by atoms with E-state index in [0.29, 0.717) is 79.3 Å². The first-order valence-electron chi connectivity index (χ1n) is 20.2. The number of alkyl carbamates (subject to hydrolysis) is 1. The maximum atomic E-state index is 17.6. The number of anilines is 1. The highest BCUT2D eigenvalue weighted by Crippen LogP contribution is 2.42. The summed E-state index contributed by atoms with van der Waals surface area (Å²) in [6.45, 7) is 8.32. The van der Waals surface area contributed by atoms with Crippen molar-refractivity contribution in [3.05, 3.63) is 47.9 Å². The molecule has 2 aromatic heterocycles. The topological polar surface area (TPSA) is 149 Å². The molecule has 4 saturated heterocycles. The predicted octanol–water partition coefficient (Wildman–Crippen LogP) is 5.71. The molecule has 1 amide bonds. The number of carbonyl (C=O) groups excluding carboxylic acids is 1.